The summed E-state index contributed by atoms with van der Waals surface area (Å²) in [5.41, 5.74) is 9.35. The maximum absolute atomic E-state index is 6.04. The summed E-state index contributed by atoms with van der Waals surface area (Å²) in [7, 11) is 0. The SMILES string of the molecule is CC1(CCc2ccc3c(c2)CCO3)CCC(N)C1. The van der Waals surface area contributed by atoms with Gasteiger partial charge in [0.1, 0.15) is 5.75 Å². The molecule has 0 aromatic heterocycles. The Bertz CT molecular complexity index is 443. The fourth-order valence-electron chi connectivity index (χ4n) is 3.44. The summed E-state index contributed by atoms with van der Waals surface area (Å²) < 4.78 is 5.55. The average molecular weight is 245 g/mol. The number of hydrogen-bond donors (Lipinski definition) is 1. The van der Waals surface area contributed by atoms with Crippen LogP contribution in [0.2, 0.25) is 0 Å². The Balaban J connectivity index is 1.63. The number of fused-ring (bicyclic) bond motifs is 1. The van der Waals surface area contributed by atoms with E-state index >= 15 is 0 Å². The van der Waals surface area contributed by atoms with E-state index in [9.17, 15) is 0 Å². The summed E-state index contributed by atoms with van der Waals surface area (Å²) in [4.78, 5) is 0. The summed E-state index contributed by atoms with van der Waals surface area (Å²) >= 11 is 0. The van der Waals surface area contributed by atoms with Gasteiger partial charge in [0, 0.05) is 12.5 Å². The highest BCUT2D eigenvalue weighted by Gasteiger charge is 2.32. The number of rotatable bonds is 3. The maximum atomic E-state index is 6.04. The minimum atomic E-state index is 0.434. The Morgan fingerprint density at radius 2 is 2.33 bits per heavy atom. The lowest BCUT2D eigenvalue weighted by Crippen LogP contribution is -2.19. The third-order valence-corrected chi connectivity index (χ3v) is 4.64. The number of nitrogens with two attached hydrogens (primary N) is 1. The molecule has 98 valence electrons. The third kappa shape index (κ3) is 2.39. The quantitative estimate of drug-likeness (QED) is 0.888. The largest absolute Gasteiger partial charge is 0.493 e. The van der Waals surface area contributed by atoms with Gasteiger partial charge in [0.15, 0.2) is 0 Å². The van der Waals surface area contributed by atoms with Gasteiger partial charge in [0.05, 0.1) is 6.61 Å². The van der Waals surface area contributed by atoms with Crippen LogP contribution in [0.5, 0.6) is 5.75 Å². The molecule has 1 saturated carbocycles. The molecule has 2 heteroatoms. The highest BCUT2D eigenvalue weighted by Crippen LogP contribution is 2.41. The summed E-state index contributed by atoms with van der Waals surface area (Å²) in [5.74, 6) is 1.09. The van der Waals surface area contributed by atoms with Crippen LogP contribution in [0.15, 0.2) is 18.2 Å². The third-order valence-electron chi connectivity index (χ3n) is 4.64. The fraction of sp³-hybridized carbons (Fsp3) is 0.625. The second kappa shape index (κ2) is 4.58. The topological polar surface area (TPSA) is 35.2 Å². The predicted octanol–water partition coefficient (Wildman–Crippen LogP) is 3.07. The van der Waals surface area contributed by atoms with Crippen LogP contribution >= 0.6 is 0 Å². The van der Waals surface area contributed by atoms with Crippen LogP contribution in [0, 0.1) is 5.41 Å². The van der Waals surface area contributed by atoms with Crippen LogP contribution < -0.4 is 10.5 Å². The van der Waals surface area contributed by atoms with Gasteiger partial charge < -0.3 is 10.5 Å². The van der Waals surface area contributed by atoms with E-state index in [4.69, 9.17) is 10.5 Å². The molecule has 0 saturated heterocycles. The van der Waals surface area contributed by atoms with E-state index in [-0.39, 0.29) is 0 Å². The van der Waals surface area contributed by atoms with E-state index in [1.807, 2.05) is 0 Å². The van der Waals surface area contributed by atoms with Crippen molar-refractivity contribution in [2.75, 3.05) is 6.61 Å². The minimum absolute atomic E-state index is 0.434. The first-order valence-corrected chi connectivity index (χ1v) is 7.15. The van der Waals surface area contributed by atoms with Crippen molar-refractivity contribution in [1.82, 2.24) is 0 Å². The smallest absolute Gasteiger partial charge is 0.122 e. The zero-order chi connectivity index (χ0) is 12.6. The lowest BCUT2D eigenvalue weighted by molar-refractivity contribution is 0.304. The summed E-state index contributed by atoms with van der Waals surface area (Å²) in [6.45, 7) is 3.25. The van der Waals surface area contributed by atoms with E-state index in [0.717, 1.165) is 18.8 Å². The van der Waals surface area contributed by atoms with E-state index < -0.39 is 0 Å². The molecule has 2 aliphatic rings. The van der Waals surface area contributed by atoms with Crippen molar-refractivity contribution in [1.29, 1.82) is 0 Å². The molecule has 2 nitrogen and oxygen atoms in total. The summed E-state index contributed by atoms with van der Waals surface area (Å²) in [6.07, 6.45) is 7.21. The molecule has 2 N–H and O–H groups in total. The van der Waals surface area contributed by atoms with Crippen molar-refractivity contribution in [3.63, 3.8) is 0 Å². The van der Waals surface area contributed by atoms with Crippen LogP contribution in [0.4, 0.5) is 0 Å². The maximum Gasteiger partial charge on any atom is 0.122 e. The molecule has 2 atom stereocenters. The first-order chi connectivity index (χ1) is 8.65. The molecule has 3 rings (SSSR count). The molecule has 1 aromatic rings. The van der Waals surface area contributed by atoms with Gasteiger partial charge >= 0.3 is 0 Å². The van der Waals surface area contributed by atoms with E-state index in [0.29, 0.717) is 11.5 Å². The lowest BCUT2D eigenvalue weighted by atomic mass is 9.82. The Labute approximate surface area is 110 Å². The van der Waals surface area contributed by atoms with Gasteiger partial charge in [0.25, 0.3) is 0 Å². The number of ether oxygens (including phenoxy) is 1. The van der Waals surface area contributed by atoms with E-state index in [2.05, 4.69) is 25.1 Å². The van der Waals surface area contributed by atoms with Crippen LogP contribution in [0.3, 0.4) is 0 Å². The van der Waals surface area contributed by atoms with E-state index in [1.54, 1.807) is 0 Å². The monoisotopic (exact) mass is 245 g/mol. The predicted molar refractivity (Wildman–Crippen MR) is 73.9 cm³/mol. The second-order valence-electron chi connectivity index (χ2n) is 6.35. The van der Waals surface area contributed by atoms with Crippen LogP contribution in [0.1, 0.15) is 43.7 Å². The summed E-state index contributed by atoms with van der Waals surface area (Å²) in [6, 6.07) is 7.13. The van der Waals surface area contributed by atoms with Crippen molar-refractivity contribution in [2.24, 2.45) is 11.1 Å². The molecular formula is C16H23NO. The van der Waals surface area contributed by atoms with Gasteiger partial charge in [0.2, 0.25) is 0 Å². The van der Waals surface area contributed by atoms with Gasteiger partial charge in [-0.25, -0.2) is 0 Å². The molecule has 1 fully saturated rings. The van der Waals surface area contributed by atoms with Crippen LogP contribution in [0.25, 0.3) is 0 Å². The zero-order valence-electron chi connectivity index (χ0n) is 11.2. The molecule has 1 heterocycles. The molecule has 0 spiro atoms. The Morgan fingerprint density at radius 3 is 3.11 bits per heavy atom. The lowest BCUT2D eigenvalue weighted by Gasteiger charge is -2.23. The number of benzene rings is 1. The van der Waals surface area contributed by atoms with E-state index in [1.165, 1.54) is 43.2 Å². The van der Waals surface area contributed by atoms with Crippen molar-refractivity contribution < 1.29 is 4.74 Å². The molecule has 1 aliphatic heterocycles. The molecule has 2 unspecified atom stereocenters. The minimum Gasteiger partial charge on any atom is -0.493 e. The summed E-state index contributed by atoms with van der Waals surface area (Å²) in [5, 5.41) is 0. The Morgan fingerprint density at radius 1 is 1.44 bits per heavy atom. The highest BCUT2D eigenvalue weighted by molar-refractivity contribution is 5.39. The molecule has 0 amide bonds. The molecule has 1 aliphatic carbocycles. The van der Waals surface area contributed by atoms with Gasteiger partial charge in [-0.05, 0) is 54.7 Å². The Kier molecular flexibility index (Phi) is 3.06. The number of aryl methyl sites for hydroxylation is 1. The van der Waals surface area contributed by atoms with Gasteiger partial charge in [-0.2, -0.15) is 0 Å². The number of hydrogen-bond acceptors (Lipinski definition) is 2. The van der Waals surface area contributed by atoms with Gasteiger partial charge in [-0.15, -0.1) is 0 Å². The fourth-order valence-corrected chi connectivity index (χ4v) is 3.44. The van der Waals surface area contributed by atoms with Crippen LogP contribution in [-0.2, 0) is 12.8 Å². The Hall–Kier alpha value is -1.02. The molecule has 0 bridgehead atoms. The van der Waals surface area contributed by atoms with Crippen molar-refractivity contribution >= 4 is 0 Å². The van der Waals surface area contributed by atoms with Crippen molar-refractivity contribution in [3.05, 3.63) is 29.3 Å². The molecule has 18 heavy (non-hydrogen) atoms. The zero-order valence-corrected chi connectivity index (χ0v) is 11.2. The van der Waals surface area contributed by atoms with Crippen molar-refractivity contribution in [3.8, 4) is 5.75 Å². The normalized spacial score (nSPS) is 30.2. The first kappa shape index (κ1) is 12.0. The van der Waals surface area contributed by atoms with Gasteiger partial charge in [-0.1, -0.05) is 19.1 Å². The average Bonchev–Trinajstić information content (AvgIpc) is 2.93. The van der Waals surface area contributed by atoms with Crippen molar-refractivity contribution in [2.45, 2.75) is 51.5 Å². The highest BCUT2D eigenvalue weighted by atomic mass is 16.5. The van der Waals surface area contributed by atoms with Gasteiger partial charge in [-0.3, -0.25) is 0 Å². The standard InChI is InChI=1S/C16H23NO/c1-16(8-5-14(17)11-16)7-4-12-2-3-15-13(10-12)6-9-18-15/h2-3,10,14H,4-9,11,17H2,1H3. The van der Waals surface area contributed by atoms with Crippen LogP contribution in [-0.4, -0.2) is 12.6 Å². The molecule has 1 aromatic carbocycles. The molecular weight excluding hydrogens is 222 g/mol. The second-order valence-corrected chi connectivity index (χ2v) is 6.35. The first-order valence-electron chi connectivity index (χ1n) is 7.15. The molecule has 0 radical (unpaired) electrons.